The van der Waals surface area contributed by atoms with E-state index in [0.29, 0.717) is 30.2 Å². The summed E-state index contributed by atoms with van der Waals surface area (Å²) in [5.41, 5.74) is 2.36. The summed E-state index contributed by atoms with van der Waals surface area (Å²) in [4.78, 5) is 14.2. The summed E-state index contributed by atoms with van der Waals surface area (Å²) in [7, 11) is 0. The molecule has 1 aromatic heterocycles. The molecule has 0 amide bonds. The molecule has 0 saturated heterocycles. The molecule has 21 heavy (non-hydrogen) atoms. The Kier molecular flexibility index (Phi) is 3.07. The van der Waals surface area contributed by atoms with Crippen LogP contribution < -0.4 is 4.74 Å². The number of hydrogen-bond acceptors (Lipinski definition) is 2. The minimum atomic E-state index is -4.74. The molecule has 1 heterocycles. The van der Waals surface area contributed by atoms with Gasteiger partial charge >= 0.3 is 12.3 Å². The molecule has 1 aliphatic carbocycles. The van der Waals surface area contributed by atoms with Crippen LogP contribution in [0.2, 0.25) is 0 Å². The first-order valence-corrected chi connectivity index (χ1v) is 6.45. The van der Waals surface area contributed by atoms with E-state index in [2.05, 4.69) is 9.72 Å². The number of halogens is 3. The molecule has 0 saturated carbocycles. The lowest BCUT2D eigenvalue weighted by atomic mass is 9.86. The van der Waals surface area contributed by atoms with Crippen LogP contribution in [0.25, 0.3) is 10.9 Å². The Hall–Kier alpha value is -2.18. The van der Waals surface area contributed by atoms with E-state index in [-0.39, 0.29) is 5.75 Å². The van der Waals surface area contributed by atoms with Crippen LogP contribution in [0.1, 0.15) is 17.7 Å². The number of carboxylic acids is 1. The number of aliphatic carboxylic acids is 1. The van der Waals surface area contributed by atoms with Crippen LogP contribution in [0.5, 0.6) is 5.75 Å². The van der Waals surface area contributed by atoms with Gasteiger partial charge < -0.3 is 14.8 Å². The van der Waals surface area contributed by atoms with Crippen molar-refractivity contribution in [3.8, 4) is 5.75 Å². The zero-order valence-corrected chi connectivity index (χ0v) is 10.8. The number of rotatable bonds is 2. The maximum atomic E-state index is 12.3. The summed E-state index contributed by atoms with van der Waals surface area (Å²) in [6.45, 7) is 0. The van der Waals surface area contributed by atoms with Crippen molar-refractivity contribution in [1.29, 1.82) is 0 Å². The van der Waals surface area contributed by atoms with Crippen LogP contribution >= 0.6 is 0 Å². The van der Waals surface area contributed by atoms with Gasteiger partial charge in [-0.15, -0.1) is 13.2 Å². The average Bonchev–Trinajstić information content (AvgIpc) is 2.74. The summed E-state index contributed by atoms with van der Waals surface area (Å²) in [6.07, 6.45) is -3.31. The van der Waals surface area contributed by atoms with E-state index in [9.17, 15) is 18.0 Å². The minimum Gasteiger partial charge on any atom is -0.481 e. The molecule has 2 N–H and O–H groups in total. The van der Waals surface area contributed by atoms with Gasteiger partial charge in [0.1, 0.15) is 5.75 Å². The van der Waals surface area contributed by atoms with Gasteiger partial charge in [0.2, 0.25) is 0 Å². The molecule has 7 heteroatoms. The van der Waals surface area contributed by atoms with E-state index in [1.165, 1.54) is 18.2 Å². The summed E-state index contributed by atoms with van der Waals surface area (Å²) in [6, 6.07) is 4.07. The molecule has 2 aromatic rings. The fourth-order valence-corrected chi connectivity index (χ4v) is 2.80. The Morgan fingerprint density at radius 3 is 2.81 bits per heavy atom. The number of H-pyrrole nitrogens is 1. The normalized spacial score (nSPS) is 18.5. The molecule has 1 aromatic carbocycles. The number of alkyl halides is 3. The van der Waals surface area contributed by atoms with Crippen molar-refractivity contribution in [2.45, 2.75) is 25.6 Å². The van der Waals surface area contributed by atoms with Crippen molar-refractivity contribution < 1.29 is 27.8 Å². The number of aromatic nitrogens is 1. The highest BCUT2D eigenvalue weighted by molar-refractivity contribution is 5.87. The predicted octanol–water partition coefficient (Wildman–Crippen LogP) is 3.26. The van der Waals surface area contributed by atoms with E-state index in [1.807, 2.05) is 0 Å². The SMILES string of the molecule is O=C(O)C1CCc2[nH]c3ccc(OC(F)(F)F)cc3c2C1. The first-order valence-electron chi connectivity index (χ1n) is 6.45. The molecule has 4 nitrogen and oxygen atoms in total. The zero-order valence-electron chi connectivity index (χ0n) is 10.8. The summed E-state index contributed by atoms with van der Waals surface area (Å²) < 4.78 is 40.7. The maximum Gasteiger partial charge on any atom is 0.573 e. The van der Waals surface area contributed by atoms with Gasteiger partial charge in [-0.3, -0.25) is 4.79 Å². The number of aryl methyl sites for hydroxylation is 1. The fourth-order valence-electron chi connectivity index (χ4n) is 2.80. The lowest BCUT2D eigenvalue weighted by Gasteiger charge is -2.18. The first kappa shape index (κ1) is 13.8. The molecule has 1 aliphatic rings. The van der Waals surface area contributed by atoms with Gasteiger partial charge in [0, 0.05) is 16.6 Å². The van der Waals surface area contributed by atoms with Gasteiger partial charge in [0.25, 0.3) is 0 Å². The molecule has 0 spiro atoms. The lowest BCUT2D eigenvalue weighted by Crippen LogP contribution is -2.21. The molecular formula is C14H12F3NO3. The molecule has 0 radical (unpaired) electrons. The number of ether oxygens (including phenoxy) is 1. The second-order valence-corrected chi connectivity index (χ2v) is 5.12. The highest BCUT2D eigenvalue weighted by Crippen LogP contribution is 2.34. The Balaban J connectivity index is 2.01. The molecule has 1 atom stereocenters. The fraction of sp³-hybridized carbons (Fsp3) is 0.357. The van der Waals surface area contributed by atoms with E-state index < -0.39 is 18.2 Å². The van der Waals surface area contributed by atoms with E-state index in [1.54, 1.807) is 0 Å². The average molecular weight is 299 g/mol. The maximum absolute atomic E-state index is 12.3. The van der Waals surface area contributed by atoms with Crippen LogP contribution in [0.3, 0.4) is 0 Å². The molecule has 0 bridgehead atoms. The van der Waals surface area contributed by atoms with Crippen molar-refractivity contribution in [3.05, 3.63) is 29.5 Å². The van der Waals surface area contributed by atoms with Crippen LogP contribution in [-0.4, -0.2) is 22.4 Å². The van der Waals surface area contributed by atoms with E-state index in [4.69, 9.17) is 5.11 Å². The molecule has 112 valence electrons. The van der Waals surface area contributed by atoms with Gasteiger partial charge in [0.05, 0.1) is 5.92 Å². The second-order valence-electron chi connectivity index (χ2n) is 5.12. The van der Waals surface area contributed by atoms with Crippen LogP contribution in [-0.2, 0) is 17.6 Å². The number of fused-ring (bicyclic) bond motifs is 3. The second kappa shape index (κ2) is 4.68. The number of nitrogens with one attached hydrogen (secondary N) is 1. The monoisotopic (exact) mass is 299 g/mol. The van der Waals surface area contributed by atoms with Crippen molar-refractivity contribution in [1.82, 2.24) is 4.98 Å². The van der Waals surface area contributed by atoms with Gasteiger partial charge in [-0.2, -0.15) is 0 Å². The third-order valence-electron chi connectivity index (χ3n) is 3.74. The molecule has 0 aliphatic heterocycles. The van der Waals surface area contributed by atoms with Gasteiger partial charge in [0.15, 0.2) is 0 Å². The van der Waals surface area contributed by atoms with Gasteiger partial charge in [-0.25, -0.2) is 0 Å². The topological polar surface area (TPSA) is 62.3 Å². The van der Waals surface area contributed by atoms with Crippen molar-refractivity contribution in [3.63, 3.8) is 0 Å². The largest absolute Gasteiger partial charge is 0.573 e. The Morgan fingerprint density at radius 1 is 1.38 bits per heavy atom. The standard InChI is InChI=1S/C14H12F3NO3/c15-14(16,17)21-8-2-4-12-10(6-8)9-5-7(13(19)20)1-3-11(9)18-12/h2,4,6-7,18H,1,3,5H2,(H,19,20). The summed E-state index contributed by atoms with van der Waals surface area (Å²) in [5.74, 6) is -1.67. The quantitative estimate of drug-likeness (QED) is 0.894. The predicted molar refractivity (Wildman–Crippen MR) is 68.1 cm³/mol. The Labute approximate surface area is 117 Å². The van der Waals surface area contributed by atoms with Crippen molar-refractivity contribution in [2.24, 2.45) is 5.92 Å². The first-order chi connectivity index (χ1) is 9.83. The van der Waals surface area contributed by atoms with E-state index >= 15 is 0 Å². The number of carboxylic acid groups (broad SMARTS) is 1. The summed E-state index contributed by atoms with van der Waals surface area (Å²) in [5, 5.41) is 9.69. The number of carbonyl (C=O) groups is 1. The molecule has 0 fully saturated rings. The van der Waals surface area contributed by atoms with Crippen LogP contribution in [0.4, 0.5) is 13.2 Å². The number of benzene rings is 1. The third-order valence-corrected chi connectivity index (χ3v) is 3.74. The smallest absolute Gasteiger partial charge is 0.481 e. The molecule has 1 unspecified atom stereocenters. The van der Waals surface area contributed by atoms with Gasteiger partial charge in [-0.05, 0) is 43.0 Å². The number of aromatic amines is 1. The Morgan fingerprint density at radius 2 is 2.14 bits per heavy atom. The Bertz CT molecular complexity index is 705. The van der Waals surface area contributed by atoms with Crippen molar-refractivity contribution in [2.75, 3.05) is 0 Å². The highest BCUT2D eigenvalue weighted by Gasteiger charge is 2.32. The lowest BCUT2D eigenvalue weighted by molar-refractivity contribution is -0.274. The third kappa shape index (κ3) is 2.68. The number of hydrogen-bond donors (Lipinski definition) is 2. The zero-order chi connectivity index (χ0) is 15.2. The van der Waals surface area contributed by atoms with Crippen LogP contribution in [0, 0.1) is 5.92 Å². The van der Waals surface area contributed by atoms with Crippen molar-refractivity contribution >= 4 is 16.9 Å². The van der Waals surface area contributed by atoms with Crippen LogP contribution in [0.15, 0.2) is 18.2 Å². The summed E-state index contributed by atoms with van der Waals surface area (Å²) >= 11 is 0. The van der Waals surface area contributed by atoms with Gasteiger partial charge in [-0.1, -0.05) is 0 Å². The minimum absolute atomic E-state index is 0.297. The highest BCUT2D eigenvalue weighted by atomic mass is 19.4. The molecule has 3 rings (SSSR count). The molecular weight excluding hydrogens is 287 g/mol. The van der Waals surface area contributed by atoms with E-state index in [0.717, 1.165) is 11.3 Å².